The Morgan fingerprint density at radius 3 is 2.52 bits per heavy atom. The summed E-state index contributed by atoms with van der Waals surface area (Å²) in [6.45, 7) is 5.07. The first kappa shape index (κ1) is 18.0. The Labute approximate surface area is 142 Å². The lowest BCUT2D eigenvalue weighted by Crippen LogP contribution is -2.37. The van der Waals surface area contributed by atoms with Crippen molar-refractivity contribution in [3.8, 4) is 11.3 Å². The van der Waals surface area contributed by atoms with Crippen molar-refractivity contribution < 1.29 is 12.8 Å². The highest BCUT2D eigenvalue weighted by atomic mass is 35.5. The molecule has 7 heteroatoms. The molecule has 1 aromatic heterocycles. The number of benzene rings is 1. The van der Waals surface area contributed by atoms with Gasteiger partial charge in [-0.3, -0.25) is 4.90 Å². The predicted octanol–water partition coefficient (Wildman–Crippen LogP) is 3.25. The molecule has 0 aliphatic rings. The Bertz CT molecular complexity index is 741. The molecule has 23 heavy (non-hydrogen) atoms. The van der Waals surface area contributed by atoms with Gasteiger partial charge >= 0.3 is 0 Å². The van der Waals surface area contributed by atoms with Gasteiger partial charge in [-0.1, -0.05) is 18.5 Å². The molecule has 1 unspecified atom stereocenters. The number of hydrogen-bond donors (Lipinski definition) is 0. The summed E-state index contributed by atoms with van der Waals surface area (Å²) < 4.78 is 28.7. The molecule has 5 nitrogen and oxygen atoms in total. The minimum Gasteiger partial charge on any atom is -0.439 e. The number of aromatic nitrogens is 1. The summed E-state index contributed by atoms with van der Waals surface area (Å²) >= 11 is 5.88. The average molecular weight is 357 g/mol. The lowest BCUT2D eigenvalue weighted by Gasteiger charge is -2.25. The van der Waals surface area contributed by atoms with Crippen LogP contribution in [-0.4, -0.2) is 42.9 Å². The van der Waals surface area contributed by atoms with Crippen LogP contribution in [0.3, 0.4) is 0 Å². The van der Waals surface area contributed by atoms with E-state index in [9.17, 15) is 8.42 Å². The number of rotatable bonds is 7. The molecule has 126 valence electrons. The van der Waals surface area contributed by atoms with Gasteiger partial charge in [-0.15, -0.1) is 0 Å². The molecule has 0 radical (unpaired) electrons. The van der Waals surface area contributed by atoms with Gasteiger partial charge in [-0.2, -0.15) is 0 Å². The van der Waals surface area contributed by atoms with E-state index in [-0.39, 0.29) is 11.8 Å². The molecule has 1 atom stereocenters. The zero-order valence-corrected chi connectivity index (χ0v) is 15.1. The van der Waals surface area contributed by atoms with E-state index in [0.717, 1.165) is 12.1 Å². The van der Waals surface area contributed by atoms with Crippen molar-refractivity contribution in [3.05, 3.63) is 41.4 Å². The molecule has 1 aromatic carbocycles. The lowest BCUT2D eigenvalue weighted by molar-refractivity contribution is 0.205. The fourth-order valence-corrected chi connectivity index (χ4v) is 3.64. The van der Waals surface area contributed by atoms with E-state index in [1.165, 1.54) is 6.26 Å². The van der Waals surface area contributed by atoms with Crippen LogP contribution in [0.2, 0.25) is 5.02 Å². The molecule has 0 saturated carbocycles. The van der Waals surface area contributed by atoms with E-state index >= 15 is 0 Å². The van der Waals surface area contributed by atoms with E-state index < -0.39 is 9.84 Å². The molecule has 0 amide bonds. The molecule has 0 N–H and O–H groups in total. The van der Waals surface area contributed by atoms with Gasteiger partial charge in [0.25, 0.3) is 0 Å². The largest absolute Gasteiger partial charge is 0.439 e. The Kier molecular flexibility index (Phi) is 5.84. The molecule has 2 aromatic rings. The summed E-state index contributed by atoms with van der Waals surface area (Å²) in [7, 11) is -3.02. The first-order chi connectivity index (χ1) is 10.8. The van der Waals surface area contributed by atoms with Crippen molar-refractivity contribution in [1.82, 2.24) is 9.88 Å². The van der Waals surface area contributed by atoms with Crippen molar-refractivity contribution in [2.75, 3.05) is 18.6 Å². The Morgan fingerprint density at radius 1 is 1.30 bits per heavy atom. The van der Waals surface area contributed by atoms with E-state index in [0.29, 0.717) is 23.2 Å². The van der Waals surface area contributed by atoms with Crippen LogP contribution in [0, 0.1) is 0 Å². The highest BCUT2D eigenvalue weighted by Crippen LogP contribution is 2.23. The van der Waals surface area contributed by atoms with Gasteiger partial charge in [0.15, 0.2) is 5.76 Å². The van der Waals surface area contributed by atoms with Gasteiger partial charge in [0.2, 0.25) is 5.89 Å². The molecule has 1 heterocycles. The van der Waals surface area contributed by atoms with E-state index in [1.807, 2.05) is 30.9 Å². The van der Waals surface area contributed by atoms with E-state index in [1.54, 1.807) is 18.3 Å². The Balaban J connectivity index is 2.09. The third-order valence-electron chi connectivity index (χ3n) is 3.59. The highest BCUT2D eigenvalue weighted by molar-refractivity contribution is 7.90. The molecule has 0 aliphatic carbocycles. The third-order valence-corrected chi connectivity index (χ3v) is 4.93. The third kappa shape index (κ3) is 5.34. The predicted molar refractivity (Wildman–Crippen MR) is 92.2 cm³/mol. The Hall–Kier alpha value is -1.37. The van der Waals surface area contributed by atoms with Crippen molar-refractivity contribution in [3.63, 3.8) is 0 Å². The molecule has 0 fully saturated rings. The maximum absolute atomic E-state index is 11.5. The summed E-state index contributed by atoms with van der Waals surface area (Å²) in [6.07, 6.45) is 2.93. The van der Waals surface area contributed by atoms with Gasteiger partial charge < -0.3 is 4.42 Å². The first-order valence-electron chi connectivity index (χ1n) is 7.41. The van der Waals surface area contributed by atoms with Gasteiger partial charge in [0, 0.05) is 22.9 Å². The number of sulfone groups is 1. The van der Waals surface area contributed by atoms with Crippen molar-refractivity contribution in [2.24, 2.45) is 0 Å². The molecule has 0 spiro atoms. The van der Waals surface area contributed by atoms with Crippen LogP contribution in [0.1, 0.15) is 19.7 Å². The lowest BCUT2D eigenvalue weighted by atomic mass is 10.2. The molecule has 2 rings (SSSR count). The highest BCUT2D eigenvalue weighted by Gasteiger charge is 2.19. The van der Waals surface area contributed by atoms with Crippen LogP contribution < -0.4 is 0 Å². The standard InChI is InChI=1S/C16H21ClN2O3S/c1-4-19(12(2)11-23(3,20)21)10-16-18-9-15(22-16)13-5-7-14(17)8-6-13/h5-9,12H,4,10-11H2,1-3H3. The van der Waals surface area contributed by atoms with Crippen molar-refractivity contribution in [2.45, 2.75) is 26.4 Å². The average Bonchev–Trinajstić information content (AvgIpc) is 2.92. The van der Waals surface area contributed by atoms with E-state index in [2.05, 4.69) is 4.98 Å². The second-order valence-electron chi connectivity index (χ2n) is 5.63. The van der Waals surface area contributed by atoms with Gasteiger partial charge in [-0.25, -0.2) is 13.4 Å². The molecule has 0 bridgehead atoms. The summed E-state index contributed by atoms with van der Waals surface area (Å²) in [5.41, 5.74) is 0.903. The smallest absolute Gasteiger partial charge is 0.209 e. The summed E-state index contributed by atoms with van der Waals surface area (Å²) in [5, 5.41) is 0.667. The zero-order valence-electron chi connectivity index (χ0n) is 13.5. The van der Waals surface area contributed by atoms with Crippen LogP contribution in [-0.2, 0) is 16.4 Å². The van der Waals surface area contributed by atoms with Crippen molar-refractivity contribution >= 4 is 21.4 Å². The summed E-state index contributed by atoms with van der Waals surface area (Å²) in [4.78, 5) is 6.32. The minimum atomic E-state index is -3.02. The van der Waals surface area contributed by atoms with Crippen molar-refractivity contribution in [1.29, 1.82) is 0 Å². The number of halogens is 1. The van der Waals surface area contributed by atoms with Gasteiger partial charge in [0.1, 0.15) is 9.84 Å². The van der Waals surface area contributed by atoms with Crippen LogP contribution in [0.25, 0.3) is 11.3 Å². The normalized spacial score (nSPS) is 13.4. The van der Waals surface area contributed by atoms with E-state index in [4.69, 9.17) is 16.0 Å². The Morgan fingerprint density at radius 2 is 1.96 bits per heavy atom. The molecular formula is C16H21ClN2O3S. The van der Waals surface area contributed by atoms with Gasteiger partial charge in [-0.05, 0) is 37.7 Å². The second kappa shape index (κ2) is 7.47. The van der Waals surface area contributed by atoms with Gasteiger partial charge in [0.05, 0.1) is 18.5 Å². The number of nitrogens with zero attached hydrogens (tertiary/aromatic N) is 2. The number of hydrogen-bond acceptors (Lipinski definition) is 5. The van der Waals surface area contributed by atoms with Crippen LogP contribution in [0.4, 0.5) is 0 Å². The maximum Gasteiger partial charge on any atom is 0.209 e. The fraction of sp³-hybridized carbons (Fsp3) is 0.438. The number of oxazole rings is 1. The van der Waals surface area contributed by atoms with Crippen LogP contribution in [0.15, 0.2) is 34.9 Å². The zero-order chi connectivity index (χ0) is 17.0. The van der Waals surface area contributed by atoms with Crippen LogP contribution >= 0.6 is 11.6 Å². The molecule has 0 saturated heterocycles. The second-order valence-corrected chi connectivity index (χ2v) is 8.25. The van der Waals surface area contributed by atoms with Crippen LogP contribution in [0.5, 0.6) is 0 Å². The maximum atomic E-state index is 11.5. The molecule has 0 aliphatic heterocycles. The topological polar surface area (TPSA) is 63.4 Å². The summed E-state index contributed by atoms with van der Waals surface area (Å²) in [6, 6.07) is 7.24. The first-order valence-corrected chi connectivity index (χ1v) is 9.84. The minimum absolute atomic E-state index is 0.0964. The quantitative estimate of drug-likeness (QED) is 0.762. The fourth-order valence-electron chi connectivity index (χ4n) is 2.43. The monoisotopic (exact) mass is 356 g/mol. The summed E-state index contributed by atoms with van der Waals surface area (Å²) in [5.74, 6) is 1.35. The molecular weight excluding hydrogens is 336 g/mol. The SMILES string of the molecule is CCN(Cc1ncc(-c2ccc(Cl)cc2)o1)C(C)CS(C)(=O)=O.